The number of phosphoric acid groups is 1. The van der Waals surface area contributed by atoms with E-state index in [4.69, 9.17) is 68.5 Å². The number of benzene rings is 1. The number of aliphatic hydroxyl groups excluding tert-OH is 2. The van der Waals surface area contributed by atoms with Crippen molar-refractivity contribution in [1.29, 1.82) is 0 Å². The summed E-state index contributed by atoms with van der Waals surface area (Å²) in [6.45, 7) is 19.0. The molecule has 29 heteroatoms. The molecule has 15 atom stereocenters. The molecule has 1 aromatic carbocycles. The number of phosphoric ester groups is 1. The van der Waals surface area contributed by atoms with E-state index >= 15 is 0 Å². The third-order valence-electron chi connectivity index (χ3n) is 20.5. The van der Waals surface area contributed by atoms with E-state index in [1.54, 1.807) is 6.92 Å². The van der Waals surface area contributed by atoms with Gasteiger partial charge in [-0.15, -0.1) is 0 Å². The smallest absolute Gasteiger partial charge is 0.756 e. The molecule has 15 unspecified atom stereocenters. The number of aliphatic hydroxyl groups is 2. The van der Waals surface area contributed by atoms with Crippen molar-refractivity contribution < 1.29 is 83.8 Å². The standard InChI is InChI=1S/C62H90N13O14P.CH3.Co/c1-29-20-39-40(21-30(29)2)75(28-70-39)57-52(84)53(41(27-76)87-57)89-90(85,86)88-31(3)26-69-49(83)18-19-59(8)37(22-46(66)80)56-62(11)61(10,25-48(68)82)36(14-17-45(65)79)51(74-62)33(5)55-60(9,24-47(67)81)34(12-15-43(63)77)38(71-55)23-42-58(6,7)35(13-16-44(64)78)50(72-42)32(4)54(59)73-56;;/h20-21,23,28,31,34-37,41,52-53,56-57,76,84H,12-19,22,24-27H2,1-11H3,(H15,63,64,65,66,67,68,69,71,72,73,74,77,78,79,80,81,82,83,85,86);1H3;/q;-1;+3/p-2. The number of nitrogens with one attached hydrogen (secondary N) is 1. The zero-order chi connectivity index (χ0) is 66.7. The monoisotopic (exact) mass is 1340 g/mol. The van der Waals surface area contributed by atoms with E-state index < -0.39 is 143 Å². The van der Waals surface area contributed by atoms with E-state index in [-0.39, 0.29) is 101 Å². The van der Waals surface area contributed by atoms with Crippen molar-refractivity contribution in [3.05, 3.63) is 76.6 Å². The van der Waals surface area contributed by atoms with E-state index in [0.29, 0.717) is 56.4 Å². The van der Waals surface area contributed by atoms with Gasteiger partial charge in [-0.3, -0.25) is 53.1 Å². The predicted octanol–water partition coefficient (Wildman–Crippen LogP) is 3.76. The Morgan fingerprint density at radius 3 is 1.96 bits per heavy atom. The maximum atomic E-state index is 14.4. The number of fused-ring (bicyclic) bond motifs is 7. The zero-order valence-corrected chi connectivity index (χ0v) is 56.4. The molecule has 0 aliphatic carbocycles. The van der Waals surface area contributed by atoms with Crippen molar-refractivity contribution in [2.24, 2.45) is 94.7 Å². The summed E-state index contributed by atoms with van der Waals surface area (Å²) in [5, 5.41) is 30.1. The van der Waals surface area contributed by atoms with Crippen LogP contribution in [0, 0.1) is 66.6 Å². The molecule has 8 bridgehead atoms. The second-order valence-corrected chi connectivity index (χ2v) is 28.3. The molecule has 6 aliphatic rings. The Balaban J connectivity index is 0.00000672. The average molecular weight is 1340 g/mol. The van der Waals surface area contributed by atoms with E-state index in [1.807, 2.05) is 80.5 Å². The summed E-state index contributed by atoms with van der Waals surface area (Å²) in [7, 11) is -5.32. The summed E-state index contributed by atoms with van der Waals surface area (Å²) >= 11 is 0. The number of aryl methyl sites for hydroxylation is 2. The fraction of sp³-hybridized carbons (Fsp3) is 0.619. The minimum absolute atomic E-state index is 0. The van der Waals surface area contributed by atoms with Crippen LogP contribution >= 0.6 is 7.82 Å². The van der Waals surface area contributed by atoms with Gasteiger partial charge in [0.15, 0.2) is 6.23 Å². The van der Waals surface area contributed by atoms with Gasteiger partial charge in [0.1, 0.15) is 18.3 Å². The zero-order valence-electron chi connectivity index (χ0n) is 54.5. The SMILES string of the molecule is C/C1=C2N=C(/C=C3N=C(/C(C)=C4\[N-]C(C(CC(N)=O)C4(C)CCC(=O)NCC(C)OP(=O)([O-])OC4C(CO)OC(n5cnc6cc(C)c(C)cc65)C4O)C4(C)N=C1C(CCC(N)=O)C4(C)CC(N)=O)C(CCC(N)=O)C\3(C)C)C(CCC(N)=O)C/2(C)CC(N)=O.[CH3-].[Co+3]. The van der Waals surface area contributed by atoms with E-state index in [9.17, 15) is 53.2 Å². The fourth-order valence-electron chi connectivity index (χ4n) is 15.3. The van der Waals surface area contributed by atoms with Crippen LogP contribution in [0.25, 0.3) is 16.4 Å². The molecule has 6 aliphatic heterocycles. The van der Waals surface area contributed by atoms with Crippen LogP contribution in [0.4, 0.5) is 0 Å². The van der Waals surface area contributed by atoms with Gasteiger partial charge < -0.3 is 85.9 Å². The number of nitrogens with zero attached hydrogens (tertiary/aromatic N) is 6. The minimum Gasteiger partial charge on any atom is -0.756 e. The van der Waals surface area contributed by atoms with Gasteiger partial charge in [0.25, 0.3) is 7.82 Å². The average Bonchev–Trinajstić information content (AvgIpc) is 1.53. The van der Waals surface area contributed by atoms with Crippen LogP contribution in [-0.4, -0.2) is 127 Å². The van der Waals surface area contributed by atoms with E-state index in [1.165, 1.54) is 17.8 Å². The van der Waals surface area contributed by atoms with Gasteiger partial charge in [-0.1, -0.05) is 40.7 Å². The first-order valence-electron chi connectivity index (χ1n) is 30.5. The minimum atomic E-state index is -5.32. The molecule has 0 saturated carbocycles. The number of carbonyl (C=O) groups is 7. The number of amides is 7. The Hall–Kier alpha value is -6.49. The third-order valence-corrected chi connectivity index (χ3v) is 21.6. The molecular weight excluding hydrogens is 1250 g/mol. The number of hydrogen-bond acceptors (Lipinski definition) is 18. The van der Waals surface area contributed by atoms with Gasteiger partial charge >= 0.3 is 16.8 Å². The molecule has 27 nitrogen and oxygen atoms in total. The summed E-state index contributed by atoms with van der Waals surface area (Å²) < 4.78 is 31.9. The van der Waals surface area contributed by atoms with Crippen LogP contribution in [0.5, 0.6) is 0 Å². The van der Waals surface area contributed by atoms with Gasteiger partial charge in [0.2, 0.25) is 41.4 Å². The van der Waals surface area contributed by atoms with Crippen molar-refractivity contribution in [3.8, 4) is 0 Å². The first-order valence-corrected chi connectivity index (χ1v) is 32.0. The van der Waals surface area contributed by atoms with Gasteiger partial charge in [0, 0.05) is 108 Å². The summed E-state index contributed by atoms with van der Waals surface area (Å²) in [5.74, 6) is -7.40. The Morgan fingerprint density at radius 2 is 1.38 bits per heavy atom. The second-order valence-electron chi connectivity index (χ2n) is 27.0. The molecule has 7 amide bonds. The number of aromatic nitrogens is 2. The Labute approximate surface area is 547 Å². The topological polar surface area (TPSA) is 465 Å². The Bertz CT molecular complexity index is 3540. The molecule has 0 spiro atoms. The normalized spacial score (nSPS) is 33.5. The van der Waals surface area contributed by atoms with E-state index in [0.717, 1.165) is 11.1 Å². The number of hydrogen-bond donors (Lipinski definition) is 9. The maximum Gasteiger partial charge on any atom is 3.00 e. The summed E-state index contributed by atoms with van der Waals surface area (Å²) in [5.41, 5.74) is 36.7. The van der Waals surface area contributed by atoms with Gasteiger partial charge in [-0.2, -0.15) is 5.70 Å². The number of allylic oxidation sites excluding steroid dienone is 6. The van der Waals surface area contributed by atoms with Crippen LogP contribution in [0.2, 0.25) is 0 Å². The number of primary amides is 6. The van der Waals surface area contributed by atoms with Crippen molar-refractivity contribution >= 4 is 77.3 Å². The largest absolute Gasteiger partial charge is 3.00 e. The molecule has 92 heavy (non-hydrogen) atoms. The molecule has 2 saturated heterocycles. The molecule has 2 fully saturated rings. The van der Waals surface area contributed by atoms with Crippen LogP contribution < -0.4 is 44.6 Å². The molecule has 506 valence electrons. The van der Waals surface area contributed by atoms with Crippen molar-refractivity contribution in [2.45, 2.75) is 189 Å². The third kappa shape index (κ3) is 14.1. The van der Waals surface area contributed by atoms with Gasteiger partial charge in [-0.25, -0.2) is 4.98 Å². The number of rotatable bonds is 26. The molecule has 2 aromatic rings. The maximum absolute atomic E-state index is 14.4. The summed E-state index contributed by atoms with van der Waals surface area (Å²) in [6.07, 6.45) is -4.79. The predicted molar refractivity (Wildman–Crippen MR) is 338 cm³/mol. The number of ether oxygens (including phenoxy) is 1. The second kappa shape index (κ2) is 27.8. The van der Waals surface area contributed by atoms with Crippen LogP contribution in [0.3, 0.4) is 0 Å². The Kier molecular flexibility index (Phi) is 22.6. The molecule has 1 aromatic heterocycles. The Morgan fingerprint density at radius 1 is 0.793 bits per heavy atom. The number of carbonyl (C=O) groups excluding carboxylic acids is 7. The number of imidazole rings is 1. The van der Waals surface area contributed by atoms with E-state index in [2.05, 4.69) is 10.3 Å². The van der Waals surface area contributed by atoms with Gasteiger partial charge in [-0.05, 0) is 119 Å². The summed E-state index contributed by atoms with van der Waals surface area (Å²) in [6, 6.07) is 2.65. The quantitative estimate of drug-likeness (QED) is 0.0478. The fourth-order valence-corrected chi connectivity index (χ4v) is 16.4. The molecule has 7 heterocycles. The van der Waals surface area contributed by atoms with Crippen molar-refractivity contribution in [3.63, 3.8) is 0 Å². The molecular formula is C63H91CoN13O14P. The number of nitrogens with two attached hydrogens (primary N) is 6. The van der Waals surface area contributed by atoms with Gasteiger partial charge in [0.05, 0.1) is 41.3 Å². The summed E-state index contributed by atoms with van der Waals surface area (Å²) in [4.78, 5) is 128. The first-order chi connectivity index (χ1) is 41.8. The molecule has 15 N–H and O–H groups in total. The van der Waals surface area contributed by atoms with Crippen LogP contribution in [-0.2, 0) is 68.7 Å². The van der Waals surface area contributed by atoms with Crippen LogP contribution in [0.1, 0.15) is 150 Å². The first kappa shape index (κ1) is 74.5. The molecule has 8 rings (SSSR count). The molecule has 0 radical (unpaired) electrons. The van der Waals surface area contributed by atoms with Crippen molar-refractivity contribution in [2.75, 3.05) is 13.2 Å². The number of aliphatic imine (C=N–C) groups is 3. The van der Waals surface area contributed by atoms with Crippen LogP contribution in [0.15, 0.2) is 67.8 Å². The van der Waals surface area contributed by atoms with Crippen molar-refractivity contribution in [1.82, 2.24) is 14.9 Å².